The number of alkyl halides is 2. The molecular weight excluding hydrogens is 529 g/mol. The van der Waals surface area contributed by atoms with E-state index in [0.717, 1.165) is 6.07 Å². The van der Waals surface area contributed by atoms with E-state index in [1.54, 1.807) is 11.6 Å². The molecule has 1 aromatic carbocycles. The smallest absolute Gasteiger partial charge is 0.352 e. The third-order valence-electron chi connectivity index (χ3n) is 8.09. The molecule has 5 rings (SSSR count). The number of nitrogens with one attached hydrogen (secondary N) is 2. The summed E-state index contributed by atoms with van der Waals surface area (Å²) in [6, 6.07) is 3.82. The molecule has 0 spiro atoms. The van der Waals surface area contributed by atoms with Crippen LogP contribution >= 0.6 is 11.6 Å². The second-order valence-electron chi connectivity index (χ2n) is 10.8. The van der Waals surface area contributed by atoms with Gasteiger partial charge in [0.1, 0.15) is 22.7 Å². The van der Waals surface area contributed by atoms with Gasteiger partial charge in [-0.15, -0.1) is 0 Å². The summed E-state index contributed by atoms with van der Waals surface area (Å²) < 4.78 is 50.4. The van der Waals surface area contributed by atoms with Gasteiger partial charge in [-0.2, -0.15) is 8.78 Å². The van der Waals surface area contributed by atoms with Crippen molar-refractivity contribution in [3.8, 4) is 0 Å². The van der Waals surface area contributed by atoms with Gasteiger partial charge in [0, 0.05) is 18.7 Å². The predicted molar refractivity (Wildman–Crippen MR) is 129 cm³/mol. The van der Waals surface area contributed by atoms with Crippen molar-refractivity contribution in [3.05, 3.63) is 46.8 Å². The highest BCUT2D eigenvalue weighted by Crippen LogP contribution is 2.57. The number of benzene rings is 1. The fourth-order valence-corrected chi connectivity index (χ4v) is 6.19. The normalized spacial score (nSPS) is 28.0. The first-order valence-corrected chi connectivity index (χ1v) is 12.6. The van der Waals surface area contributed by atoms with Crippen LogP contribution < -0.4 is 10.6 Å². The van der Waals surface area contributed by atoms with E-state index >= 15 is 8.78 Å². The summed E-state index contributed by atoms with van der Waals surface area (Å²) in [6.45, 7) is -0.704. The van der Waals surface area contributed by atoms with E-state index in [1.807, 2.05) is 0 Å². The average molecular weight is 557 g/mol. The van der Waals surface area contributed by atoms with E-state index in [2.05, 4.69) is 15.6 Å². The molecule has 206 valence electrons. The fraction of sp³-hybridized carbons (Fsp3) is 0.560. The molecule has 2 saturated carbocycles. The maximum atomic E-state index is 15.2. The van der Waals surface area contributed by atoms with E-state index in [9.17, 15) is 24.2 Å². The number of aromatic nitrogens is 2. The number of anilines is 1. The van der Waals surface area contributed by atoms with Crippen molar-refractivity contribution in [2.45, 2.75) is 48.7 Å². The van der Waals surface area contributed by atoms with Crippen molar-refractivity contribution in [1.82, 2.24) is 14.9 Å². The van der Waals surface area contributed by atoms with Crippen LogP contribution in [0.25, 0.3) is 0 Å². The minimum atomic E-state index is -4.06. The van der Waals surface area contributed by atoms with E-state index in [0.29, 0.717) is 24.2 Å². The largest absolute Gasteiger partial charge is 0.394 e. The monoisotopic (exact) mass is 556 g/mol. The highest BCUT2D eigenvalue weighted by Gasteiger charge is 2.65. The number of fused-ring (bicyclic) bond motifs is 1. The Morgan fingerprint density at radius 2 is 1.92 bits per heavy atom. The zero-order valence-electron chi connectivity index (χ0n) is 20.5. The molecule has 9 nitrogen and oxygen atoms in total. The Hall–Kier alpha value is -2.67. The Labute approximate surface area is 221 Å². The summed E-state index contributed by atoms with van der Waals surface area (Å²) in [5.74, 6) is -7.57. The number of rotatable bonds is 7. The number of aryl methyl sites for hydroxylation is 1. The van der Waals surface area contributed by atoms with Crippen molar-refractivity contribution in [1.29, 1.82) is 0 Å². The maximum absolute atomic E-state index is 15.2. The van der Waals surface area contributed by atoms with E-state index < -0.39 is 41.3 Å². The molecule has 2 aliphatic carbocycles. The lowest BCUT2D eigenvalue weighted by Gasteiger charge is -2.42. The van der Waals surface area contributed by atoms with Gasteiger partial charge >= 0.3 is 5.92 Å². The first kappa shape index (κ1) is 26.9. The number of carbonyl (C=O) groups excluding carboxylic acids is 2. The van der Waals surface area contributed by atoms with Crippen LogP contribution in [0.1, 0.15) is 47.8 Å². The second-order valence-corrected chi connectivity index (χ2v) is 11.2. The van der Waals surface area contributed by atoms with Gasteiger partial charge in [-0.3, -0.25) is 9.59 Å². The number of aliphatic hydroxyl groups excluding tert-OH is 1. The SMILES string of the molecule is Cn1cnc(C2CC3CC(O)(C(F)(F)C(=O)NC4(CO)COC4)CC3C2)c1C(=O)Nc1ccc(F)c(Cl)c1. The number of aliphatic hydroxyl groups is 2. The molecule has 2 atom stereocenters. The van der Waals surface area contributed by atoms with Crippen LogP contribution in [0.4, 0.5) is 18.9 Å². The first-order valence-electron chi connectivity index (χ1n) is 12.3. The molecule has 2 amide bonds. The number of imidazole rings is 1. The molecule has 38 heavy (non-hydrogen) atoms. The van der Waals surface area contributed by atoms with Gasteiger partial charge in [0.05, 0.1) is 36.9 Å². The Morgan fingerprint density at radius 3 is 2.47 bits per heavy atom. The second kappa shape index (κ2) is 9.51. The summed E-state index contributed by atoms with van der Waals surface area (Å²) in [5.41, 5.74) is -2.68. The van der Waals surface area contributed by atoms with E-state index in [1.165, 1.54) is 18.5 Å². The molecule has 2 unspecified atom stereocenters. The Bertz CT molecular complexity index is 1250. The van der Waals surface area contributed by atoms with Crippen LogP contribution in [-0.2, 0) is 16.6 Å². The third-order valence-corrected chi connectivity index (χ3v) is 8.38. The number of amides is 2. The van der Waals surface area contributed by atoms with E-state index in [-0.39, 0.29) is 54.5 Å². The standard InChI is InChI=1S/C25H28ClF3N4O5/c1-33-12-30-19(20(33)21(35)31-16-2-3-18(27)17(26)6-16)13-4-14-7-24(37,8-15(14)5-13)25(28,29)22(36)32-23(9-34)10-38-11-23/h2-3,6,12-15,34,37H,4-5,7-11H2,1H3,(H,31,35)(H,32,36). The Balaban J connectivity index is 1.27. The van der Waals surface area contributed by atoms with Crippen LogP contribution in [0.2, 0.25) is 5.02 Å². The number of halogens is 4. The lowest BCUT2D eigenvalue weighted by Crippen LogP contribution is -2.69. The molecule has 0 radical (unpaired) electrons. The number of hydrogen-bond donors (Lipinski definition) is 4. The van der Waals surface area contributed by atoms with Gasteiger partial charge in [0.15, 0.2) is 0 Å². The molecule has 4 N–H and O–H groups in total. The molecule has 3 aliphatic rings. The zero-order chi connectivity index (χ0) is 27.5. The van der Waals surface area contributed by atoms with Crippen molar-refractivity contribution in [2.24, 2.45) is 18.9 Å². The third kappa shape index (κ3) is 4.47. The molecule has 1 aliphatic heterocycles. The van der Waals surface area contributed by atoms with Gasteiger partial charge in [-0.1, -0.05) is 11.6 Å². The van der Waals surface area contributed by atoms with Crippen LogP contribution in [0.5, 0.6) is 0 Å². The lowest BCUT2D eigenvalue weighted by molar-refractivity contribution is -0.199. The molecule has 2 aromatic rings. The molecule has 1 aromatic heterocycles. The summed E-state index contributed by atoms with van der Waals surface area (Å²) in [6.07, 6.45) is 1.77. The minimum absolute atomic E-state index is 0.0785. The first-order chi connectivity index (χ1) is 17.9. The highest BCUT2D eigenvalue weighted by molar-refractivity contribution is 6.31. The zero-order valence-corrected chi connectivity index (χ0v) is 21.3. The van der Waals surface area contributed by atoms with Gasteiger partial charge in [0.25, 0.3) is 11.8 Å². The summed E-state index contributed by atoms with van der Waals surface area (Å²) in [7, 11) is 1.66. The van der Waals surface area contributed by atoms with Gasteiger partial charge in [-0.05, 0) is 55.7 Å². The maximum Gasteiger partial charge on any atom is 0.352 e. The number of ether oxygens (including phenoxy) is 1. The average Bonchev–Trinajstić information content (AvgIpc) is 3.49. The minimum Gasteiger partial charge on any atom is -0.394 e. The summed E-state index contributed by atoms with van der Waals surface area (Å²) >= 11 is 5.81. The van der Waals surface area contributed by atoms with Crippen molar-refractivity contribution >= 4 is 29.1 Å². The molecule has 3 fully saturated rings. The fourth-order valence-electron chi connectivity index (χ4n) is 6.01. The van der Waals surface area contributed by atoms with Crippen molar-refractivity contribution < 1.29 is 37.7 Å². The van der Waals surface area contributed by atoms with Gasteiger partial charge in [-0.25, -0.2) is 9.37 Å². The topological polar surface area (TPSA) is 126 Å². The van der Waals surface area contributed by atoms with Crippen LogP contribution in [0.15, 0.2) is 24.5 Å². The van der Waals surface area contributed by atoms with Gasteiger partial charge in [0.2, 0.25) is 0 Å². The van der Waals surface area contributed by atoms with E-state index in [4.69, 9.17) is 16.3 Å². The van der Waals surface area contributed by atoms with Crippen molar-refractivity contribution in [2.75, 3.05) is 25.1 Å². The Kier molecular flexibility index (Phi) is 6.74. The predicted octanol–water partition coefficient (Wildman–Crippen LogP) is 2.61. The van der Waals surface area contributed by atoms with Crippen LogP contribution in [0.3, 0.4) is 0 Å². The van der Waals surface area contributed by atoms with Crippen LogP contribution in [0, 0.1) is 17.7 Å². The quantitative estimate of drug-likeness (QED) is 0.415. The van der Waals surface area contributed by atoms with Crippen molar-refractivity contribution in [3.63, 3.8) is 0 Å². The summed E-state index contributed by atoms with van der Waals surface area (Å²) in [4.78, 5) is 29.9. The number of carbonyl (C=O) groups is 2. The highest BCUT2D eigenvalue weighted by atomic mass is 35.5. The molecule has 1 saturated heterocycles. The lowest BCUT2D eigenvalue weighted by atomic mass is 9.86. The number of hydrogen-bond acceptors (Lipinski definition) is 6. The number of nitrogens with zero attached hydrogens (tertiary/aromatic N) is 2. The van der Waals surface area contributed by atoms with Crippen LogP contribution in [-0.4, -0.2) is 68.5 Å². The molecule has 13 heteroatoms. The molecule has 0 bridgehead atoms. The molecule has 2 heterocycles. The summed E-state index contributed by atoms with van der Waals surface area (Å²) in [5, 5.41) is 25.1. The Morgan fingerprint density at radius 1 is 1.26 bits per heavy atom. The van der Waals surface area contributed by atoms with Gasteiger partial charge < -0.3 is 30.2 Å². The molecular formula is C25H28ClF3N4O5.